The van der Waals surface area contributed by atoms with Crippen LogP contribution >= 0.6 is 11.8 Å². The second kappa shape index (κ2) is 7.83. The van der Waals surface area contributed by atoms with Crippen molar-refractivity contribution in [1.82, 2.24) is 14.7 Å². The van der Waals surface area contributed by atoms with Crippen molar-refractivity contribution in [2.75, 3.05) is 12.8 Å². The Labute approximate surface area is 171 Å². The number of nitrogens with zero attached hydrogens (tertiary/aromatic N) is 2. The van der Waals surface area contributed by atoms with Gasteiger partial charge < -0.3 is 9.72 Å². The Kier molecular flexibility index (Phi) is 5.24. The van der Waals surface area contributed by atoms with E-state index in [1.54, 1.807) is 11.8 Å². The van der Waals surface area contributed by atoms with Crippen molar-refractivity contribution in [3.63, 3.8) is 0 Å². The van der Waals surface area contributed by atoms with Gasteiger partial charge in [-0.15, -0.1) is 11.8 Å². The van der Waals surface area contributed by atoms with E-state index >= 15 is 0 Å². The highest BCUT2D eigenvalue weighted by Gasteiger charge is 2.23. The molecule has 148 valence electrons. The number of amides is 1. The number of allylic oxidation sites excluding steroid dienone is 2. The molecule has 0 radical (unpaired) electrons. The van der Waals surface area contributed by atoms with E-state index in [4.69, 9.17) is 0 Å². The molecule has 1 aliphatic heterocycles. The highest BCUT2D eigenvalue weighted by molar-refractivity contribution is 8.02. The molecule has 3 aromatic rings. The van der Waals surface area contributed by atoms with Crippen LogP contribution in [0.15, 0.2) is 53.6 Å². The molecule has 1 N–H and O–H groups in total. The molecule has 1 aromatic carbocycles. The molecule has 1 amide bonds. The maximum Gasteiger partial charge on any atom is 0.251 e. The van der Waals surface area contributed by atoms with Gasteiger partial charge in [0.05, 0.1) is 17.0 Å². The summed E-state index contributed by atoms with van der Waals surface area (Å²) >= 11 is 1.69. The van der Waals surface area contributed by atoms with E-state index in [0.717, 1.165) is 29.0 Å². The Balaban J connectivity index is 1.91. The molecule has 7 heteroatoms. The lowest BCUT2D eigenvalue weighted by atomic mass is 10.0. The number of rotatable bonds is 4. The predicted molar refractivity (Wildman–Crippen MR) is 112 cm³/mol. The molecule has 4 nitrogen and oxygen atoms in total. The summed E-state index contributed by atoms with van der Waals surface area (Å²) in [5.41, 5.74) is 3.36. The topological polar surface area (TPSA) is 46.4 Å². The Morgan fingerprint density at radius 2 is 2.03 bits per heavy atom. The summed E-state index contributed by atoms with van der Waals surface area (Å²) in [6.07, 6.45) is 6.47. The van der Waals surface area contributed by atoms with Crippen LogP contribution in [-0.4, -0.2) is 28.1 Å². The number of thioether (sulfide) groups is 1. The molecule has 0 fully saturated rings. The van der Waals surface area contributed by atoms with Crippen LogP contribution in [-0.2, 0) is 6.42 Å². The van der Waals surface area contributed by atoms with Gasteiger partial charge in [0.1, 0.15) is 17.3 Å². The van der Waals surface area contributed by atoms with Crippen molar-refractivity contribution in [2.45, 2.75) is 13.3 Å². The number of aryl methyl sites for hydroxylation is 1. The van der Waals surface area contributed by atoms with Crippen molar-refractivity contribution < 1.29 is 13.6 Å². The molecule has 0 saturated heterocycles. The minimum atomic E-state index is -0.811. The lowest BCUT2D eigenvalue weighted by Crippen LogP contribution is -2.18. The Morgan fingerprint density at radius 1 is 1.28 bits per heavy atom. The number of pyridine rings is 1. The molecule has 0 aliphatic carbocycles. The second-order valence-electron chi connectivity index (χ2n) is 6.83. The number of carbonyl (C=O) groups is 1. The van der Waals surface area contributed by atoms with Crippen molar-refractivity contribution >= 4 is 23.3 Å². The first kappa shape index (κ1) is 19.4. The molecule has 3 heterocycles. The van der Waals surface area contributed by atoms with Crippen LogP contribution in [0.2, 0.25) is 0 Å². The predicted octanol–water partition coefficient (Wildman–Crippen LogP) is 4.68. The maximum absolute atomic E-state index is 15.0. The first-order valence-corrected chi connectivity index (χ1v) is 10.2. The van der Waals surface area contributed by atoms with E-state index in [2.05, 4.69) is 16.4 Å². The lowest BCUT2D eigenvalue weighted by molar-refractivity contribution is 0.0962. The zero-order chi connectivity index (χ0) is 20.5. The van der Waals surface area contributed by atoms with E-state index in [1.807, 2.05) is 41.1 Å². The van der Waals surface area contributed by atoms with E-state index in [1.165, 1.54) is 7.05 Å². The Bertz CT molecular complexity index is 1160. The fraction of sp³-hybridized carbons (Fsp3) is 0.182. The normalized spacial score (nSPS) is 13.6. The number of carbonyl (C=O) groups excluding carboxylic acids is 1. The molecular weight excluding hydrogens is 392 g/mol. The molecule has 4 rings (SSSR count). The van der Waals surface area contributed by atoms with Gasteiger partial charge in [-0.25, -0.2) is 13.8 Å². The standard InChI is InChI=1S/C22H19F2N3OS/c1-13-3-6-27-18(10-14-4-7-29-8-5-14)21(26-19(27)9-13)20-16(23)11-15(12-17(20)24)22(28)25-2/h3-7,9,11-12H,8,10H2,1-2H3,(H,25,28). The first-order chi connectivity index (χ1) is 14.0. The van der Waals surface area contributed by atoms with Gasteiger partial charge in [0, 0.05) is 31.0 Å². The summed E-state index contributed by atoms with van der Waals surface area (Å²) in [6.45, 7) is 1.94. The molecule has 0 spiro atoms. The van der Waals surface area contributed by atoms with Gasteiger partial charge >= 0.3 is 0 Å². The smallest absolute Gasteiger partial charge is 0.251 e. The number of aromatic nitrogens is 2. The van der Waals surface area contributed by atoms with E-state index in [9.17, 15) is 13.6 Å². The molecular formula is C22H19F2N3OS. The minimum absolute atomic E-state index is 0.0673. The Morgan fingerprint density at radius 3 is 2.69 bits per heavy atom. The van der Waals surface area contributed by atoms with Crippen molar-refractivity contribution in [2.24, 2.45) is 0 Å². The van der Waals surface area contributed by atoms with E-state index in [0.29, 0.717) is 17.8 Å². The fourth-order valence-corrected chi connectivity index (χ4v) is 4.07. The fourth-order valence-electron chi connectivity index (χ4n) is 3.38. The van der Waals surface area contributed by atoms with Gasteiger partial charge in [0.25, 0.3) is 5.91 Å². The third kappa shape index (κ3) is 3.70. The first-order valence-electron chi connectivity index (χ1n) is 9.14. The third-order valence-electron chi connectivity index (χ3n) is 4.84. The van der Waals surface area contributed by atoms with Crippen LogP contribution in [0.1, 0.15) is 21.6 Å². The van der Waals surface area contributed by atoms with Crippen LogP contribution < -0.4 is 5.32 Å². The molecule has 0 saturated carbocycles. The highest BCUT2D eigenvalue weighted by atomic mass is 32.2. The third-order valence-corrected chi connectivity index (χ3v) is 5.53. The molecule has 0 bridgehead atoms. The SMILES string of the molecule is CNC(=O)c1cc(F)c(-c2nc3cc(C)ccn3c2CC2=CCSC=C2)c(F)c1. The zero-order valence-corrected chi connectivity index (χ0v) is 16.8. The Hall–Kier alpha value is -2.93. The summed E-state index contributed by atoms with van der Waals surface area (Å²) in [5, 5.41) is 4.39. The molecule has 1 aliphatic rings. The number of halogens is 2. The van der Waals surface area contributed by atoms with Gasteiger partial charge in [-0.2, -0.15) is 0 Å². The van der Waals surface area contributed by atoms with Crippen molar-refractivity contribution in [3.8, 4) is 11.3 Å². The lowest BCUT2D eigenvalue weighted by Gasteiger charge is -2.11. The van der Waals surface area contributed by atoms with Gasteiger partial charge in [-0.1, -0.05) is 12.2 Å². The molecule has 29 heavy (non-hydrogen) atoms. The minimum Gasteiger partial charge on any atom is -0.355 e. The summed E-state index contributed by atoms with van der Waals surface area (Å²) in [6, 6.07) is 5.91. The van der Waals surface area contributed by atoms with Crippen molar-refractivity contribution in [3.05, 3.63) is 82.1 Å². The van der Waals surface area contributed by atoms with Crippen LogP contribution in [0.3, 0.4) is 0 Å². The van der Waals surface area contributed by atoms with Gasteiger partial charge in [0.15, 0.2) is 0 Å². The van der Waals surface area contributed by atoms with Crippen LogP contribution in [0.25, 0.3) is 16.9 Å². The summed E-state index contributed by atoms with van der Waals surface area (Å²) in [7, 11) is 1.41. The summed E-state index contributed by atoms with van der Waals surface area (Å²) in [4.78, 5) is 16.3. The second-order valence-corrected chi connectivity index (χ2v) is 7.76. The number of nitrogens with one attached hydrogen (secondary N) is 1. The monoisotopic (exact) mass is 411 g/mol. The van der Waals surface area contributed by atoms with Gasteiger partial charge in [0.2, 0.25) is 0 Å². The zero-order valence-electron chi connectivity index (χ0n) is 16.0. The average molecular weight is 411 g/mol. The largest absolute Gasteiger partial charge is 0.355 e. The van der Waals surface area contributed by atoms with Gasteiger partial charge in [-0.3, -0.25) is 4.79 Å². The summed E-state index contributed by atoms with van der Waals surface area (Å²) in [5.74, 6) is -1.31. The molecule has 0 unspecified atom stereocenters. The van der Waals surface area contributed by atoms with Crippen LogP contribution in [0.4, 0.5) is 8.78 Å². The number of hydrogen-bond donors (Lipinski definition) is 1. The molecule has 0 atom stereocenters. The number of fused-ring (bicyclic) bond motifs is 1. The van der Waals surface area contributed by atoms with E-state index in [-0.39, 0.29) is 16.8 Å². The number of hydrogen-bond acceptors (Lipinski definition) is 3. The number of imidazole rings is 1. The number of benzene rings is 1. The quantitative estimate of drug-likeness (QED) is 0.678. The van der Waals surface area contributed by atoms with Crippen LogP contribution in [0, 0.1) is 18.6 Å². The van der Waals surface area contributed by atoms with E-state index < -0.39 is 17.5 Å². The molecule has 2 aromatic heterocycles. The van der Waals surface area contributed by atoms with Gasteiger partial charge in [-0.05, 0) is 47.7 Å². The maximum atomic E-state index is 15.0. The van der Waals surface area contributed by atoms with Crippen molar-refractivity contribution in [1.29, 1.82) is 0 Å². The average Bonchev–Trinajstić information content (AvgIpc) is 3.04. The summed E-state index contributed by atoms with van der Waals surface area (Å²) < 4.78 is 31.8. The van der Waals surface area contributed by atoms with Crippen LogP contribution in [0.5, 0.6) is 0 Å². The highest BCUT2D eigenvalue weighted by Crippen LogP contribution is 2.32.